The van der Waals surface area contributed by atoms with E-state index >= 15 is 0 Å². The third-order valence-corrected chi connectivity index (χ3v) is 3.88. The zero-order chi connectivity index (χ0) is 10.1. The van der Waals surface area contributed by atoms with E-state index in [1.165, 1.54) is 17.4 Å². The molecule has 2 aromatic rings. The van der Waals surface area contributed by atoms with E-state index < -0.39 is 5.82 Å². The van der Waals surface area contributed by atoms with Gasteiger partial charge in [-0.25, -0.2) is 4.39 Å². The second kappa shape index (κ2) is 3.81. The Morgan fingerprint density at radius 3 is 2.36 bits per heavy atom. The van der Waals surface area contributed by atoms with Gasteiger partial charge < -0.3 is 0 Å². The number of carbonyl (C=O) groups excluding carboxylic acids is 1. The molecule has 2 aromatic heterocycles. The average molecular weight is 247 g/mol. The van der Waals surface area contributed by atoms with Crippen LogP contribution in [0.1, 0.15) is 14.5 Å². The van der Waals surface area contributed by atoms with Gasteiger partial charge in [-0.2, -0.15) is 0 Å². The summed E-state index contributed by atoms with van der Waals surface area (Å²) in [6, 6.07) is 2.91. The number of ketones is 1. The Hall–Kier alpha value is -0.710. The van der Waals surface area contributed by atoms with Gasteiger partial charge in [-0.3, -0.25) is 4.79 Å². The number of hydrogen-bond donors (Lipinski definition) is 0. The normalized spacial score (nSPS) is 10.4. The third-order valence-electron chi connectivity index (χ3n) is 1.65. The molecule has 0 unspecified atom stereocenters. The van der Waals surface area contributed by atoms with Crippen LogP contribution >= 0.6 is 34.3 Å². The van der Waals surface area contributed by atoms with Crippen molar-refractivity contribution in [2.24, 2.45) is 0 Å². The van der Waals surface area contributed by atoms with Crippen molar-refractivity contribution in [1.82, 2.24) is 0 Å². The largest absolute Gasteiger partial charge is 0.287 e. The zero-order valence-corrected chi connectivity index (χ0v) is 9.18. The van der Waals surface area contributed by atoms with Crippen LogP contribution < -0.4 is 0 Å². The molecule has 0 aromatic carbocycles. The quantitative estimate of drug-likeness (QED) is 0.736. The Morgan fingerprint density at radius 1 is 1.21 bits per heavy atom. The lowest BCUT2D eigenvalue weighted by Crippen LogP contribution is -1.98. The zero-order valence-electron chi connectivity index (χ0n) is 6.79. The molecule has 0 radical (unpaired) electrons. The molecule has 0 aliphatic carbocycles. The van der Waals surface area contributed by atoms with Crippen molar-refractivity contribution in [3.63, 3.8) is 0 Å². The predicted octanol–water partition coefficient (Wildman–Crippen LogP) is 3.83. The summed E-state index contributed by atoms with van der Waals surface area (Å²) in [5.74, 6) is -0.818. The lowest BCUT2D eigenvalue weighted by atomic mass is 10.2. The number of hydrogen-bond acceptors (Lipinski definition) is 3. The highest BCUT2D eigenvalue weighted by molar-refractivity contribution is 7.16. The van der Waals surface area contributed by atoms with Crippen molar-refractivity contribution in [2.45, 2.75) is 0 Å². The van der Waals surface area contributed by atoms with Crippen LogP contribution in [-0.2, 0) is 0 Å². The second-order valence-electron chi connectivity index (χ2n) is 2.52. The monoisotopic (exact) mass is 246 g/mol. The van der Waals surface area contributed by atoms with Crippen LogP contribution in [-0.4, -0.2) is 5.78 Å². The van der Waals surface area contributed by atoms with Crippen molar-refractivity contribution >= 4 is 40.1 Å². The minimum absolute atomic E-state index is 0.120. The Labute approximate surface area is 92.8 Å². The molecule has 0 bridgehead atoms. The Bertz CT molecular complexity index is 432. The highest BCUT2D eigenvalue weighted by Gasteiger charge is 2.18. The van der Waals surface area contributed by atoms with Crippen LogP contribution in [0, 0.1) is 5.82 Å². The summed E-state index contributed by atoms with van der Waals surface area (Å²) in [6.07, 6.45) is 0. The molecule has 5 heteroatoms. The summed E-state index contributed by atoms with van der Waals surface area (Å²) in [4.78, 5) is 12.2. The number of thiophene rings is 2. The van der Waals surface area contributed by atoms with Crippen LogP contribution in [0.5, 0.6) is 0 Å². The molecule has 0 saturated heterocycles. The van der Waals surface area contributed by atoms with Crippen LogP contribution in [0.4, 0.5) is 4.39 Å². The molecule has 2 rings (SSSR count). The summed E-state index contributed by atoms with van der Waals surface area (Å²) in [7, 11) is 0. The first kappa shape index (κ1) is 9.83. The van der Waals surface area contributed by atoms with E-state index in [0.717, 1.165) is 11.3 Å². The first-order valence-electron chi connectivity index (χ1n) is 3.71. The van der Waals surface area contributed by atoms with Gasteiger partial charge in [0.1, 0.15) is 10.7 Å². The summed E-state index contributed by atoms with van der Waals surface area (Å²) < 4.78 is 13.1. The van der Waals surface area contributed by atoms with Gasteiger partial charge in [-0.1, -0.05) is 11.6 Å². The standard InChI is InChI=1S/C9H4ClFOS2/c10-5-1-3-13-8(5)7(12)9-6(11)2-4-14-9/h1-4H. The van der Waals surface area contributed by atoms with Crippen molar-refractivity contribution in [3.8, 4) is 0 Å². The van der Waals surface area contributed by atoms with Crippen LogP contribution in [0.3, 0.4) is 0 Å². The third kappa shape index (κ3) is 1.61. The summed E-state index contributed by atoms with van der Waals surface area (Å²) in [6.45, 7) is 0. The molecular formula is C9H4ClFOS2. The topological polar surface area (TPSA) is 17.1 Å². The molecule has 0 aliphatic heterocycles. The minimum Gasteiger partial charge on any atom is -0.287 e. The maximum Gasteiger partial charge on any atom is 0.217 e. The van der Waals surface area contributed by atoms with Gasteiger partial charge in [0, 0.05) is 0 Å². The molecular weight excluding hydrogens is 243 g/mol. The van der Waals surface area contributed by atoms with Crippen LogP contribution in [0.15, 0.2) is 22.9 Å². The number of carbonyl (C=O) groups is 1. The number of rotatable bonds is 2. The van der Waals surface area contributed by atoms with Gasteiger partial charge in [-0.05, 0) is 22.9 Å². The highest BCUT2D eigenvalue weighted by Crippen LogP contribution is 2.27. The van der Waals surface area contributed by atoms with Gasteiger partial charge in [0.2, 0.25) is 5.78 Å². The average Bonchev–Trinajstić information content (AvgIpc) is 2.73. The van der Waals surface area contributed by atoms with E-state index in [1.807, 2.05) is 0 Å². The first-order valence-corrected chi connectivity index (χ1v) is 5.84. The van der Waals surface area contributed by atoms with Gasteiger partial charge in [-0.15, -0.1) is 22.7 Å². The first-order chi connectivity index (χ1) is 6.70. The van der Waals surface area contributed by atoms with E-state index in [0.29, 0.717) is 9.90 Å². The smallest absolute Gasteiger partial charge is 0.217 e. The van der Waals surface area contributed by atoms with Gasteiger partial charge in [0.05, 0.1) is 9.90 Å². The fraction of sp³-hybridized carbons (Fsp3) is 0. The van der Waals surface area contributed by atoms with Crippen molar-refractivity contribution < 1.29 is 9.18 Å². The lowest BCUT2D eigenvalue weighted by molar-refractivity contribution is 0.104. The fourth-order valence-electron chi connectivity index (χ4n) is 1.01. The minimum atomic E-state index is -0.482. The van der Waals surface area contributed by atoms with E-state index in [4.69, 9.17) is 11.6 Å². The summed E-state index contributed by atoms with van der Waals surface area (Å²) in [5, 5.41) is 3.64. The fourth-order valence-corrected chi connectivity index (χ4v) is 2.88. The summed E-state index contributed by atoms with van der Waals surface area (Å²) >= 11 is 8.09. The molecule has 0 fully saturated rings. The van der Waals surface area contributed by atoms with Crippen molar-refractivity contribution in [2.75, 3.05) is 0 Å². The molecule has 0 N–H and O–H groups in total. The van der Waals surface area contributed by atoms with Crippen LogP contribution in [0.2, 0.25) is 5.02 Å². The van der Waals surface area contributed by atoms with Gasteiger partial charge in [0.25, 0.3) is 0 Å². The Kier molecular flexibility index (Phi) is 2.67. The lowest BCUT2D eigenvalue weighted by Gasteiger charge is -1.94. The van der Waals surface area contributed by atoms with Gasteiger partial charge >= 0.3 is 0 Å². The maximum absolute atomic E-state index is 13.1. The summed E-state index contributed by atoms with van der Waals surface area (Å²) in [5.41, 5.74) is 0. The van der Waals surface area contributed by atoms with Gasteiger partial charge in [0.15, 0.2) is 0 Å². The van der Waals surface area contributed by atoms with E-state index in [9.17, 15) is 9.18 Å². The molecule has 0 atom stereocenters. The predicted molar refractivity (Wildman–Crippen MR) is 57.0 cm³/mol. The van der Waals surface area contributed by atoms with Crippen LogP contribution in [0.25, 0.3) is 0 Å². The molecule has 0 amide bonds. The van der Waals surface area contributed by atoms with E-state index in [1.54, 1.807) is 16.8 Å². The highest BCUT2D eigenvalue weighted by atomic mass is 35.5. The molecule has 0 spiro atoms. The van der Waals surface area contributed by atoms with Crippen molar-refractivity contribution in [3.05, 3.63) is 43.5 Å². The second-order valence-corrected chi connectivity index (χ2v) is 4.76. The molecule has 1 nitrogen and oxygen atoms in total. The van der Waals surface area contributed by atoms with E-state index in [-0.39, 0.29) is 10.7 Å². The SMILES string of the molecule is O=C(c1sccc1F)c1sccc1Cl. The van der Waals surface area contributed by atoms with E-state index in [2.05, 4.69) is 0 Å². The maximum atomic E-state index is 13.1. The Morgan fingerprint density at radius 2 is 1.86 bits per heavy atom. The molecule has 0 aliphatic rings. The molecule has 2 heterocycles. The molecule has 72 valence electrons. The number of halogens is 2. The van der Waals surface area contributed by atoms with Crippen molar-refractivity contribution in [1.29, 1.82) is 0 Å². The Balaban J connectivity index is 2.44. The molecule has 14 heavy (non-hydrogen) atoms. The molecule has 0 saturated carbocycles.